The molecule has 0 saturated heterocycles. The van der Waals surface area contributed by atoms with Crippen molar-refractivity contribution in [1.29, 1.82) is 0 Å². The summed E-state index contributed by atoms with van der Waals surface area (Å²) in [7, 11) is -1.32. The van der Waals surface area contributed by atoms with E-state index in [-0.39, 0.29) is 11.4 Å². The van der Waals surface area contributed by atoms with E-state index in [0.29, 0.717) is 17.2 Å². The zero-order chi connectivity index (χ0) is 22.4. The molecule has 31 heavy (non-hydrogen) atoms. The molecule has 3 rings (SSSR count). The minimum atomic E-state index is -4.29. The number of nitrogens with one attached hydrogen (secondary N) is 1. The maximum Gasteiger partial charge on any atom is 0.289 e. The molecule has 3 aromatic carbocycles. The summed E-state index contributed by atoms with van der Waals surface area (Å²) in [6.45, 7) is 0. The summed E-state index contributed by atoms with van der Waals surface area (Å²) in [6.07, 6.45) is 0. The first-order valence-corrected chi connectivity index (χ1v) is 10.3. The molecule has 0 aliphatic heterocycles. The number of hydrogen-bond acceptors (Lipinski definition) is 8. The number of benzene rings is 3. The molecule has 11 heteroatoms. The monoisotopic (exact) mass is 442 g/mol. The number of sulfonamides is 1. The molecule has 0 aliphatic carbocycles. The van der Waals surface area contributed by atoms with E-state index in [1.807, 2.05) is 0 Å². The van der Waals surface area contributed by atoms with E-state index >= 15 is 0 Å². The van der Waals surface area contributed by atoms with Crippen molar-refractivity contribution >= 4 is 32.8 Å². The maximum atomic E-state index is 12.9. The number of ether oxygens (including phenoxy) is 2. The normalized spacial score (nSPS) is 11.3. The van der Waals surface area contributed by atoms with Gasteiger partial charge in [-0.1, -0.05) is 12.1 Å². The van der Waals surface area contributed by atoms with Crippen molar-refractivity contribution in [1.82, 2.24) is 0 Å². The Morgan fingerprint density at radius 1 is 0.903 bits per heavy atom. The molecule has 1 N–H and O–H groups in total. The molecule has 0 unspecified atom stereocenters. The standard InChI is InChI=1S/C20H18N4O6S/c1-29-15-9-7-14(8-10-15)21-22-17-12-11-16(30-2)13-18(17)23-31(27,28)20-6-4-3-5-19(20)24(25)26/h3-13,23H,1-2H3. The molecule has 0 radical (unpaired) electrons. The van der Waals surface area contributed by atoms with Crippen molar-refractivity contribution in [3.05, 3.63) is 76.8 Å². The predicted molar refractivity (Wildman–Crippen MR) is 114 cm³/mol. The Balaban J connectivity index is 1.98. The number of para-hydroxylation sites is 1. The second-order valence-electron chi connectivity index (χ2n) is 6.11. The summed E-state index contributed by atoms with van der Waals surface area (Å²) in [5, 5.41) is 19.5. The van der Waals surface area contributed by atoms with Crippen molar-refractivity contribution in [2.75, 3.05) is 18.9 Å². The van der Waals surface area contributed by atoms with Crippen LogP contribution in [-0.2, 0) is 10.0 Å². The first-order chi connectivity index (χ1) is 14.8. The first-order valence-electron chi connectivity index (χ1n) is 8.84. The molecule has 0 bridgehead atoms. The smallest absolute Gasteiger partial charge is 0.289 e. The molecule has 3 aromatic rings. The summed E-state index contributed by atoms with van der Waals surface area (Å²) >= 11 is 0. The molecule has 10 nitrogen and oxygen atoms in total. The van der Waals surface area contributed by atoms with Gasteiger partial charge in [0.25, 0.3) is 15.7 Å². The Morgan fingerprint density at radius 2 is 1.55 bits per heavy atom. The van der Waals surface area contributed by atoms with Gasteiger partial charge in [0.2, 0.25) is 0 Å². The lowest BCUT2D eigenvalue weighted by molar-refractivity contribution is -0.387. The molecule has 0 saturated carbocycles. The number of methoxy groups -OCH3 is 2. The van der Waals surface area contributed by atoms with Crippen LogP contribution < -0.4 is 14.2 Å². The highest BCUT2D eigenvalue weighted by Gasteiger charge is 2.26. The van der Waals surface area contributed by atoms with E-state index in [9.17, 15) is 18.5 Å². The van der Waals surface area contributed by atoms with Gasteiger partial charge >= 0.3 is 0 Å². The molecule has 0 fully saturated rings. The van der Waals surface area contributed by atoms with Gasteiger partial charge in [-0.25, -0.2) is 8.42 Å². The number of nitrogens with zero attached hydrogens (tertiary/aromatic N) is 3. The lowest BCUT2D eigenvalue weighted by atomic mass is 10.2. The fourth-order valence-electron chi connectivity index (χ4n) is 2.61. The third-order valence-electron chi connectivity index (χ3n) is 4.15. The quantitative estimate of drug-likeness (QED) is 0.302. The van der Waals surface area contributed by atoms with Crippen LogP contribution in [0.2, 0.25) is 0 Å². The van der Waals surface area contributed by atoms with Crippen molar-refractivity contribution in [2.45, 2.75) is 4.90 Å². The largest absolute Gasteiger partial charge is 0.497 e. The number of nitro groups is 1. The van der Waals surface area contributed by atoms with Crippen molar-refractivity contribution in [2.24, 2.45) is 10.2 Å². The number of rotatable bonds is 8. The Morgan fingerprint density at radius 3 is 2.19 bits per heavy atom. The van der Waals surface area contributed by atoms with E-state index < -0.39 is 25.5 Å². The number of hydrogen-bond donors (Lipinski definition) is 1. The lowest BCUT2D eigenvalue weighted by Gasteiger charge is -2.11. The average Bonchev–Trinajstić information content (AvgIpc) is 2.78. The van der Waals surface area contributed by atoms with Crippen molar-refractivity contribution in [3.63, 3.8) is 0 Å². The number of azo groups is 1. The van der Waals surface area contributed by atoms with Gasteiger partial charge in [-0.3, -0.25) is 14.8 Å². The van der Waals surface area contributed by atoms with Crippen LogP contribution in [0.4, 0.5) is 22.7 Å². The first kappa shape index (κ1) is 21.7. The van der Waals surface area contributed by atoms with Gasteiger partial charge in [0.15, 0.2) is 4.90 Å². The van der Waals surface area contributed by atoms with Gasteiger partial charge < -0.3 is 9.47 Å². The van der Waals surface area contributed by atoms with Gasteiger partial charge in [0.05, 0.1) is 30.5 Å². The Kier molecular flexibility index (Phi) is 6.46. The van der Waals surface area contributed by atoms with Gasteiger partial charge in [-0.05, 0) is 42.5 Å². The molecule has 0 aromatic heterocycles. The van der Waals surface area contributed by atoms with Crippen LogP contribution in [0, 0.1) is 10.1 Å². The molecular weight excluding hydrogens is 424 g/mol. The second kappa shape index (κ2) is 9.22. The van der Waals surface area contributed by atoms with E-state index in [0.717, 1.165) is 12.1 Å². The summed E-state index contributed by atoms with van der Waals surface area (Å²) < 4.78 is 38.3. The molecule has 0 amide bonds. The van der Waals surface area contributed by atoms with Gasteiger partial charge in [0.1, 0.15) is 17.2 Å². The molecule has 0 atom stereocenters. The molecule has 0 aliphatic rings. The number of nitro benzene ring substituents is 1. The van der Waals surface area contributed by atoms with Crippen LogP contribution in [0.15, 0.2) is 81.9 Å². The van der Waals surface area contributed by atoms with Crippen molar-refractivity contribution < 1.29 is 22.8 Å². The Labute approximate surface area is 178 Å². The summed E-state index contributed by atoms with van der Waals surface area (Å²) in [6, 6.07) is 16.4. The molecular formula is C20H18N4O6S. The summed E-state index contributed by atoms with van der Waals surface area (Å²) in [4.78, 5) is 10.0. The van der Waals surface area contributed by atoms with E-state index in [4.69, 9.17) is 9.47 Å². The van der Waals surface area contributed by atoms with Crippen LogP contribution in [0.5, 0.6) is 11.5 Å². The van der Waals surface area contributed by atoms with Crippen LogP contribution >= 0.6 is 0 Å². The molecule has 0 spiro atoms. The maximum absolute atomic E-state index is 12.9. The second-order valence-corrected chi connectivity index (χ2v) is 7.76. The molecule has 160 valence electrons. The van der Waals surface area contributed by atoms with Crippen LogP contribution in [-0.4, -0.2) is 27.6 Å². The van der Waals surface area contributed by atoms with Crippen molar-refractivity contribution in [3.8, 4) is 11.5 Å². The topological polar surface area (TPSA) is 132 Å². The van der Waals surface area contributed by atoms with E-state index in [1.165, 1.54) is 31.4 Å². The van der Waals surface area contributed by atoms with Gasteiger partial charge in [-0.15, -0.1) is 5.11 Å². The lowest BCUT2D eigenvalue weighted by Crippen LogP contribution is -2.14. The van der Waals surface area contributed by atoms with E-state index in [2.05, 4.69) is 15.0 Å². The highest BCUT2D eigenvalue weighted by molar-refractivity contribution is 7.92. The van der Waals surface area contributed by atoms with E-state index in [1.54, 1.807) is 37.4 Å². The zero-order valence-electron chi connectivity index (χ0n) is 16.6. The van der Waals surface area contributed by atoms with Gasteiger partial charge in [-0.2, -0.15) is 5.11 Å². The third kappa shape index (κ3) is 5.14. The fourth-order valence-corrected chi connectivity index (χ4v) is 3.85. The highest BCUT2D eigenvalue weighted by atomic mass is 32.2. The van der Waals surface area contributed by atoms with Crippen LogP contribution in [0.25, 0.3) is 0 Å². The third-order valence-corrected chi connectivity index (χ3v) is 5.56. The Bertz CT molecular complexity index is 1230. The SMILES string of the molecule is COc1ccc(N=Nc2ccc(OC)cc2NS(=O)(=O)c2ccccc2[N+](=O)[O-])cc1. The minimum Gasteiger partial charge on any atom is -0.497 e. The van der Waals surface area contributed by atoms with Gasteiger partial charge in [0, 0.05) is 12.1 Å². The molecule has 0 heterocycles. The average molecular weight is 442 g/mol. The minimum absolute atomic E-state index is 0.0507. The van der Waals surface area contributed by atoms with Crippen LogP contribution in [0.1, 0.15) is 0 Å². The highest BCUT2D eigenvalue weighted by Crippen LogP contribution is 2.34. The fraction of sp³-hybridized carbons (Fsp3) is 0.100. The Hall–Kier alpha value is -3.99. The summed E-state index contributed by atoms with van der Waals surface area (Å²) in [5.74, 6) is 1.02. The predicted octanol–water partition coefficient (Wildman–Crippen LogP) is 4.83. The summed E-state index contributed by atoms with van der Waals surface area (Å²) in [5.41, 5.74) is 0.219. The van der Waals surface area contributed by atoms with Crippen LogP contribution in [0.3, 0.4) is 0 Å². The number of anilines is 1. The zero-order valence-corrected chi connectivity index (χ0v) is 17.4.